The number of rotatable bonds is 1. The van der Waals surface area contributed by atoms with Gasteiger partial charge in [-0.2, -0.15) is 0 Å². The molecule has 0 heterocycles. The van der Waals surface area contributed by atoms with Gasteiger partial charge in [0.05, 0.1) is 0 Å². The van der Waals surface area contributed by atoms with Crippen molar-refractivity contribution in [3.05, 3.63) is 42.5 Å². The number of benzene rings is 1. The first-order chi connectivity index (χ1) is 3.93. The van der Waals surface area contributed by atoms with Gasteiger partial charge in [-0.25, -0.2) is 0 Å². The molecule has 44 valence electrons. The molecule has 0 spiro atoms. The first-order valence-electron chi connectivity index (χ1n) is 2.61. The van der Waals surface area contributed by atoms with E-state index in [1.54, 1.807) is 0 Å². The molecule has 0 unspecified atom stereocenters. The molecule has 0 bridgehead atoms. The number of hydrogen-bond acceptors (Lipinski definition) is 0. The van der Waals surface area contributed by atoms with Crippen LogP contribution in [0.25, 0.3) is 6.08 Å². The summed E-state index contributed by atoms with van der Waals surface area (Å²) in [5, 5.41) is 0. The van der Waals surface area contributed by atoms with E-state index < -0.39 is 0 Å². The van der Waals surface area contributed by atoms with E-state index in [9.17, 15) is 0 Å². The molecule has 0 aliphatic carbocycles. The van der Waals surface area contributed by atoms with Crippen molar-refractivity contribution in [2.24, 2.45) is 0 Å². The van der Waals surface area contributed by atoms with Crippen molar-refractivity contribution >= 4 is 109 Å². The van der Waals surface area contributed by atoms with Crippen LogP contribution >= 0.6 is 0 Å². The molecular formula is C8H10K2. The van der Waals surface area contributed by atoms with Gasteiger partial charge in [-0.15, -0.1) is 0 Å². The van der Waals surface area contributed by atoms with Crippen molar-refractivity contribution in [3.8, 4) is 0 Å². The zero-order chi connectivity index (χ0) is 5.82. The van der Waals surface area contributed by atoms with Crippen molar-refractivity contribution in [1.82, 2.24) is 0 Å². The van der Waals surface area contributed by atoms with Crippen LogP contribution < -0.4 is 0 Å². The number of hydrogen-bond donors (Lipinski definition) is 0. The first kappa shape index (κ1) is 14.7. The summed E-state index contributed by atoms with van der Waals surface area (Å²) in [7, 11) is 0. The van der Waals surface area contributed by atoms with E-state index >= 15 is 0 Å². The third-order valence-corrected chi connectivity index (χ3v) is 1.04. The van der Waals surface area contributed by atoms with Gasteiger partial charge in [0, 0.05) is 0 Å². The van der Waals surface area contributed by atoms with Crippen LogP contribution in [0, 0.1) is 0 Å². The van der Waals surface area contributed by atoms with Crippen LogP contribution in [0.5, 0.6) is 0 Å². The van der Waals surface area contributed by atoms with Gasteiger partial charge in [-0.3, -0.25) is 0 Å². The third kappa shape index (κ3) is 5.83. The van der Waals surface area contributed by atoms with Crippen LogP contribution in [-0.2, 0) is 0 Å². The second-order valence-corrected chi connectivity index (χ2v) is 1.61. The minimum atomic E-state index is 0. The Morgan fingerprint density at radius 1 is 1.00 bits per heavy atom. The van der Waals surface area contributed by atoms with E-state index in [4.69, 9.17) is 0 Å². The summed E-state index contributed by atoms with van der Waals surface area (Å²) in [6.45, 7) is 3.63. The molecule has 1 aromatic rings. The zero-order valence-electron chi connectivity index (χ0n) is 4.67. The Labute approximate surface area is 147 Å². The maximum atomic E-state index is 3.63. The Morgan fingerprint density at radius 2 is 1.50 bits per heavy atom. The van der Waals surface area contributed by atoms with Gasteiger partial charge >= 0.3 is 103 Å². The molecule has 1 aromatic carbocycles. The van der Waals surface area contributed by atoms with Gasteiger partial charge < -0.3 is 0 Å². The predicted molar refractivity (Wildman–Crippen MR) is 50.8 cm³/mol. The Bertz CT molecular complexity index is 170. The topological polar surface area (TPSA) is 0 Å². The second kappa shape index (κ2) is 9.32. The summed E-state index contributed by atoms with van der Waals surface area (Å²) >= 11 is 0. The molecule has 0 fully saturated rings. The van der Waals surface area contributed by atoms with Gasteiger partial charge in [-0.05, 0) is 5.56 Å². The van der Waals surface area contributed by atoms with Crippen LogP contribution in [0.15, 0.2) is 36.9 Å². The molecule has 0 saturated carbocycles. The van der Waals surface area contributed by atoms with Gasteiger partial charge in [0.15, 0.2) is 0 Å². The summed E-state index contributed by atoms with van der Waals surface area (Å²) in [5.74, 6) is 0. The Hall–Kier alpha value is 2.23. The van der Waals surface area contributed by atoms with Gasteiger partial charge in [0.2, 0.25) is 0 Å². The summed E-state index contributed by atoms with van der Waals surface area (Å²) in [5.41, 5.74) is 1.17. The van der Waals surface area contributed by atoms with Gasteiger partial charge in [0.1, 0.15) is 0 Å². The van der Waals surface area contributed by atoms with E-state index in [-0.39, 0.29) is 103 Å². The Balaban J connectivity index is 0. The quantitative estimate of drug-likeness (QED) is 0.572. The molecule has 1 rings (SSSR count). The Kier molecular flexibility index (Phi) is 13.7. The summed E-state index contributed by atoms with van der Waals surface area (Å²) in [6, 6.07) is 10.0. The summed E-state index contributed by atoms with van der Waals surface area (Å²) in [4.78, 5) is 0. The molecular weight excluding hydrogens is 174 g/mol. The fraction of sp³-hybridized carbons (Fsp3) is 0. The van der Waals surface area contributed by atoms with Crippen LogP contribution in [0.2, 0.25) is 0 Å². The van der Waals surface area contributed by atoms with E-state index in [1.165, 1.54) is 5.56 Å². The monoisotopic (exact) mass is 184 g/mol. The average molecular weight is 184 g/mol. The molecule has 0 nitrogen and oxygen atoms in total. The zero-order valence-corrected chi connectivity index (χ0v) is 4.67. The van der Waals surface area contributed by atoms with Crippen LogP contribution in [0.3, 0.4) is 0 Å². The van der Waals surface area contributed by atoms with E-state index in [2.05, 4.69) is 6.58 Å². The normalized spacial score (nSPS) is 6.80. The predicted octanol–water partition coefficient (Wildman–Crippen LogP) is 1.03. The fourth-order valence-electron chi connectivity index (χ4n) is 0.589. The molecule has 0 amide bonds. The van der Waals surface area contributed by atoms with Crippen LogP contribution in [-0.4, -0.2) is 103 Å². The van der Waals surface area contributed by atoms with Crippen molar-refractivity contribution in [2.45, 2.75) is 0 Å². The molecule has 10 heavy (non-hydrogen) atoms. The molecule has 0 N–H and O–H groups in total. The fourth-order valence-corrected chi connectivity index (χ4v) is 0.589. The molecule has 2 heteroatoms. The van der Waals surface area contributed by atoms with Crippen LogP contribution in [0.4, 0.5) is 0 Å². The molecule has 0 atom stereocenters. The molecule has 0 aliphatic rings. The standard InChI is InChI=1S/C8H8.2K.2H/c1-2-8-6-4-3-5-7-8;;;;/h2-7H,1H2;;;;. The molecule has 0 saturated heterocycles. The van der Waals surface area contributed by atoms with E-state index in [0.29, 0.717) is 0 Å². The van der Waals surface area contributed by atoms with Crippen molar-refractivity contribution < 1.29 is 0 Å². The SMILES string of the molecule is C=Cc1ccccc1.[KH].[KH]. The molecule has 0 aliphatic heterocycles. The van der Waals surface area contributed by atoms with Gasteiger partial charge in [-0.1, -0.05) is 43.0 Å². The van der Waals surface area contributed by atoms with E-state index in [0.717, 1.165) is 0 Å². The molecule has 0 aromatic heterocycles. The van der Waals surface area contributed by atoms with Crippen molar-refractivity contribution in [3.63, 3.8) is 0 Å². The molecule has 0 radical (unpaired) electrons. The van der Waals surface area contributed by atoms with Crippen molar-refractivity contribution in [1.29, 1.82) is 0 Å². The average Bonchev–Trinajstić information content (AvgIpc) is 1.90. The first-order valence-corrected chi connectivity index (χ1v) is 2.61. The van der Waals surface area contributed by atoms with Gasteiger partial charge in [0.25, 0.3) is 0 Å². The second-order valence-electron chi connectivity index (χ2n) is 1.61. The third-order valence-electron chi connectivity index (χ3n) is 1.04. The minimum absolute atomic E-state index is 0. The van der Waals surface area contributed by atoms with E-state index in [1.807, 2.05) is 36.4 Å². The van der Waals surface area contributed by atoms with Crippen molar-refractivity contribution in [2.75, 3.05) is 0 Å². The summed E-state index contributed by atoms with van der Waals surface area (Å²) in [6.07, 6.45) is 1.83. The van der Waals surface area contributed by atoms with Crippen LogP contribution in [0.1, 0.15) is 5.56 Å². The maximum absolute atomic E-state index is 3.63. The Morgan fingerprint density at radius 3 is 1.80 bits per heavy atom. The summed E-state index contributed by atoms with van der Waals surface area (Å²) < 4.78 is 0.